The van der Waals surface area contributed by atoms with Crippen molar-refractivity contribution in [1.82, 2.24) is 18.7 Å². The molecule has 0 atom stereocenters. The molecule has 0 spiro atoms. The van der Waals surface area contributed by atoms with E-state index in [9.17, 15) is 22.8 Å². The highest BCUT2D eigenvalue weighted by Gasteiger charge is 2.31. The van der Waals surface area contributed by atoms with Crippen molar-refractivity contribution in [3.8, 4) is 0 Å². The molecule has 0 N–H and O–H groups in total. The van der Waals surface area contributed by atoms with E-state index in [2.05, 4.69) is 0 Å². The molecule has 2 heterocycles. The van der Waals surface area contributed by atoms with Crippen LogP contribution in [-0.4, -0.2) is 85.0 Å². The van der Waals surface area contributed by atoms with Crippen LogP contribution < -0.4 is 5.43 Å². The van der Waals surface area contributed by atoms with Crippen LogP contribution in [0.15, 0.2) is 34.1 Å². The summed E-state index contributed by atoms with van der Waals surface area (Å²) < 4.78 is 35.1. The molecule has 10 nitrogen and oxygen atoms in total. The Morgan fingerprint density at radius 1 is 1.03 bits per heavy atom. The highest BCUT2D eigenvalue weighted by atomic mass is 32.2. The monoisotopic (exact) mass is 532 g/mol. The molecule has 1 aromatic heterocycles. The van der Waals surface area contributed by atoms with Crippen LogP contribution >= 0.6 is 0 Å². The highest BCUT2D eigenvalue weighted by molar-refractivity contribution is 7.89. The van der Waals surface area contributed by atoms with Gasteiger partial charge < -0.3 is 19.1 Å². The van der Waals surface area contributed by atoms with E-state index < -0.39 is 27.5 Å². The Balaban J connectivity index is 1.65. The number of rotatable bonds is 6. The number of fused-ring (bicyclic) bond motifs is 1. The van der Waals surface area contributed by atoms with Crippen LogP contribution in [0.25, 0.3) is 10.9 Å². The van der Waals surface area contributed by atoms with E-state index in [0.29, 0.717) is 25.2 Å². The molecule has 37 heavy (non-hydrogen) atoms. The summed E-state index contributed by atoms with van der Waals surface area (Å²) in [5.74, 6) is -0.426. The molecular formula is C26H36N4O6S. The molecule has 4 rings (SSSR count). The Morgan fingerprint density at radius 3 is 2.30 bits per heavy atom. The average molecular weight is 533 g/mol. The predicted molar refractivity (Wildman–Crippen MR) is 140 cm³/mol. The number of pyridine rings is 1. The molecule has 202 valence electrons. The largest absolute Gasteiger partial charge is 0.450 e. The van der Waals surface area contributed by atoms with E-state index >= 15 is 0 Å². The van der Waals surface area contributed by atoms with Crippen molar-refractivity contribution in [2.45, 2.75) is 63.4 Å². The zero-order valence-corrected chi connectivity index (χ0v) is 22.6. The van der Waals surface area contributed by atoms with Crippen LogP contribution in [0.2, 0.25) is 0 Å². The molecule has 1 aromatic carbocycles. The van der Waals surface area contributed by atoms with Crippen LogP contribution in [0, 0.1) is 0 Å². The second-order valence-electron chi connectivity index (χ2n) is 9.63. The molecule has 2 aliphatic rings. The van der Waals surface area contributed by atoms with Crippen LogP contribution in [0.5, 0.6) is 0 Å². The third-order valence-corrected chi connectivity index (χ3v) is 9.39. The lowest BCUT2D eigenvalue weighted by Gasteiger charge is -2.34. The summed E-state index contributed by atoms with van der Waals surface area (Å²) in [4.78, 5) is 42.0. The summed E-state index contributed by atoms with van der Waals surface area (Å²) in [7, 11) is -2.19. The van der Waals surface area contributed by atoms with Gasteiger partial charge in [0.1, 0.15) is 5.56 Å². The number of hydrogen-bond acceptors (Lipinski definition) is 6. The summed E-state index contributed by atoms with van der Waals surface area (Å²) in [5.41, 5.74) is 0.0828. The summed E-state index contributed by atoms with van der Waals surface area (Å²) in [6.45, 7) is 5.61. The minimum absolute atomic E-state index is 0.00545. The molecule has 1 saturated carbocycles. The quantitative estimate of drug-likeness (QED) is 0.566. The Kier molecular flexibility index (Phi) is 8.23. The van der Waals surface area contributed by atoms with Gasteiger partial charge in [-0.15, -0.1) is 0 Å². The highest BCUT2D eigenvalue weighted by Crippen LogP contribution is 2.28. The summed E-state index contributed by atoms with van der Waals surface area (Å²) in [6, 6.07) is 4.55. The molecular weight excluding hydrogens is 496 g/mol. The fraction of sp³-hybridized carbons (Fsp3) is 0.577. The normalized spacial score (nSPS) is 17.4. The summed E-state index contributed by atoms with van der Waals surface area (Å²) in [5, 5.41) is 0.205. The minimum atomic E-state index is -3.80. The Hall–Kier alpha value is -2.92. The van der Waals surface area contributed by atoms with Crippen molar-refractivity contribution in [2.24, 2.45) is 0 Å². The van der Waals surface area contributed by atoms with Gasteiger partial charge in [-0.2, -0.15) is 4.31 Å². The van der Waals surface area contributed by atoms with Gasteiger partial charge in [-0.25, -0.2) is 13.2 Å². The lowest BCUT2D eigenvalue weighted by Crippen LogP contribution is -2.51. The first-order valence-corrected chi connectivity index (χ1v) is 14.5. The summed E-state index contributed by atoms with van der Waals surface area (Å²) in [6.07, 6.45) is 5.91. The fourth-order valence-electron chi connectivity index (χ4n) is 5.24. The van der Waals surface area contributed by atoms with Crippen LogP contribution in [-0.2, 0) is 21.3 Å². The topological polar surface area (TPSA) is 109 Å². The number of sulfonamides is 1. The number of nitrogens with zero attached hydrogens (tertiary/aromatic N) is 4. The van der Waals surface area contributed by atoms with Crippen LogP contribution in [0.3, 0.4) is 0 Å². The lowest BCUT2D eigenvalue weighted by atomic mass is 9.96. The molecule has 0 unspecified atom stereocenters. The Labute approximate surface area is 217 Å². The van der Waals surface area contributed by atoms with Crippen molar-refractivity contribution in [3.05, 3.63) is 40.2 Å². The maximum Gasteiger partial charge on any atom is 0.409 e. The molecule has 2 fully saturated rings. The van der Waals surface area contributed by atoms with E-state index in [0.717, 1.165) is 32.1 Å². The number of ether oxygens (including phenoxy) is 1. The van der Waals surface area contributed by atoms with Gasteiger partial charge in [0.2, 0.25) is 15.5 Å². The van der Waals surface area contributed by atoms with Gasteiger partial charge >= 0.3 is 6.09 Å². The number of piperazine rings is 1. The van der Waals surface area contributed by atoms with Crippen LogP contribution in [0.4, 0.5) is 4.79 Å². The van der Waals surface area contributed by atoms with Gasteiger partial charge in [0.05, 0.1) is 17.0 Å². The zero-order chi connectivity index (χ0) is 26.7. The standard InChI is InChI=1S/C26H36N4O6S/c1-4-28-18-22(25(32)29-13-15-30(16-14-29)26(33)36-5-2)24(31)21-17-20(11-12-23(21)28)37(34,35)27(3)19-9-7-6-8-10-19/h11-12,17-19H,4-10,13-16H2,1-3H3. The summed E-state index contributed by atoms with van der Waals surface area (Å²) >= 11 is 0. The zero-order valence-electron chi connectivity index (χ0n) is 21.8. The predicted octanol–water partition coefficient (Wildman–Crippen LogP) is 2.89. The molecule has 0 radical (unpaired) electrons. The van der Waals surface area contributed by atoms with Gasteiger partial charge in [0.15, 0.2) is 0 Å². The fourth-order valence-corrected chi connectivity index (χ4v) is 6.68. The van der Waals surface area contributed by atoms with Gasteiger partial charge in [0.25, 0.3) is 5.91 Å². The van der Waals surface area contributed by atoms with E-state index in [1.54, 1.807) is 41.8 Å². The van der Waals surface area contributed by atoms with E-state index in [4.69, 9.17) is 4.74 Å². The van der Waals surface area contributed by atoms with Crippen LogP contribution in [0.1, 0.15) is 56.3 Å². The molecule has 1 aliphatic carbocycles. The SMILES string of the molecule is CCOC(=O)N1CCN(C(=O)c2cn(CC)c3ccc(S(=O)(=O)N(C)C4CCCCC4)cc3c2=O)CC1. The van der Waals surface area contributed by atoms with Crippen molar-refractivity contribution < 1.29 is 22.7 Å². The third-order valence-electron chi connectivity index (χ3n) is 7.48. The first kappa shape index (κ1) is 27.1. The Morgan fingerprint density at radius 2 is 1.68 bits per heavy atom. The molecule has 2 aromatic rings. The van der Waals surface area contributed by atoms with Crippen molar-refractivity contribution in [1.29, 1.82) is 0 Å². The maximum atomic E-state index is 13.5. The van der Waals surface area contributed by atoms with Crippen molar-refractivity contribution >= 4 is 32.9 Å². The van der Waals surface area contributed by atoms with Crippen molar-refractivity contribution in [3.63, 3.8) is 0 Å². The number of aryl methyl sites for hydroxylation is 1. The van der Waals surface area contributed by atoms with Gasteiger partial charge in [-0.05, 0) is 44.9 Å². The minimum Gasteiger partial charge on any atom is -0.450 e. The first-order chi connectivity index (χ1) is 17.7. The van der Waals surface area contributed by atoms with E-state index in [1.165, 1.54) is 15.3 Å². The number of carbonyl (C=O) groups is 2. The number of aromatic nitrogens is 1. The molecule has 1 aliphatic heterocycles. The second kappa shape index (κ2) is 11.2. The Bertz CT molecular complexity index is 1320. The van der Waals surface area contributed by atoms with Gasteiger partial charge in [-0.1, -0.05) is 19.3 Å². The average Bonchev–Trinajstić information content (AvgIpc) is 2.93. The van der Waals surface area contributed by atoms with E-state index in [1.807, 2.05) is 6.92 Å². The second-order valence-corrected chi connectivity index (χ2v) is 11.6. The third kappa shape index (κ3) is 5.38. The van der Waals surface area contributed by atoms with Gasteiger partial charge in [0, 0.05) is 57.4 Å². The molecule has 1 saturated heterocycles. The van der Waals surface area contributed by atoms with E-state index in [-0.39, 0.29) is 41.6 Å². The number of hydrogen-bond donors (Lipinski definition) is 0. The van der Waals surface area contributed by atoms with Crippen molar-refractivity contribution in [2.75, 3.05) is 39.8 Å². The first-order valence-electron chi connectivity index (χ1n) is 13.0. The number of amides is 2. The molecule has 2 amide bonds. The molecule has 11 heteroatoms. The smallest absolute Gasteiger partial charge is 0.409 e. The number of benzene rings is 1. The van der Waals surface area contributed by atoms with Gasteiger partial charge in [-0.3, -0.25) is 9.59 Å². The molecule has 0 bridgehead atoms. The lowest BCUT2D eigenvalue weighted by molar-refractivity contribution is 0.0569. The number of carbonyl (C=O) groups excluding carboxylic acids is 2. The maximum absolute atomic E-state index is 13.5.